The average molecular weight is 423 g/mol. The Labute approximate surface area is 187 Å². The fourth-order valence-corrected chi connectivity index (χ4v) is 4.78. The van der Waals surface area contributed by atoms with Crippen molar-refractivity contribution >= 4 is 0 Å². The van der Waals surface area contributed by atoms with Gasteiger partial charge in [0.25, 0.3) is 0 Å². The Morgan fingerprint density at radius 1 is 0.806 bits per heavy atom. The maximum absolute atomic E-state index is 10.0. The summed E-state index contributed by atoms with van der Waals surface area (Å²) in [6.07, 6.45) is 5.55. The fraction of sp³-hybridized carbons (Fsp3) is 0.556. The van der Waals surface area contributed by atoms with Gasteiger partial charge in [-0.05, 0) is 48.9 Å². The molecule has 1 saturated heterocycles. The Morgan fingerprint density at radius 3 is 1.87 bits per heavy atom. The molecule has 0 radical (unpaired) electrons. The van der Waals surface area contributed by atoms with E-state index >= 15 is 0 Å². The van der Waals surface area contributed by atoms with Crippen LogP contribution in [0.4, 0.5) is 0 Å². The molecule has 0 bridgehead atoms. The van der Waals surface area contributed by atoms with E-state index in [2.05, 4.69) is 58.3 Å². The highest BCUT2D eigenvalue weighted by Gasteiger charge is 2.22. The van der Waals surface area contributed by atoms with Crippen LogP contribution in [0.2, 0.25) is 0 Å². The molecule has 2 aromatic rings. The van der Waals surface area contributed by atoms with Crippen LogP contribution in [0.3, 0.4) is 0 Å². The monoisotopic (exact) mass is 422 g/mol. The molecule has 4 nitrogen and oxygen atoms in total. The summed E-state index contributed by atoms with van der Waals surface area (Å²) in [6.45, 7) is 10.4. The van der Waals surface area contributed by atoms with Crippen molar-refractivity contribution in [2.24, 2.45) is 0 Å². The molecule has 0 amide bonds. The van der Waals surface area contributed by atoms with Crippen LogP contribution >= 0.6 is 0 Å². The van der Waals surface area contributed by atoms with Crippen LogP contribution in [0.5, 0.6) is 0 Å². The highest BCUT2D eigenvalue weighted by atomic mass is 16.5. The minimum atomic E-state index is -0.612. The van der Waals surface area contributed by atoms with E-state index in [1.54, 1.807) is 0 Å². The van der Waals surface area contributed by atoms with Crippen LogP contribution in [0.25, 0.3) is 11.1 Å². The van der Waals surface area contributed by atoms with E-state index < -0.39 is 5.60 Å². The second kappa shape index (κ2) is 10.3. The van der Waals surface area contributed by atoms with Gasteiger partial charge in [-0.25, -0.2) is 0 Å². The van der Waals surface area contributed by atoms with E-state index in [4.69, 9.17) is 4.74 Å². The predicted octanol–water partition coefficient (Wildman–Crippen LogP) is 4.70. The number of hydrogen-bond acceptors (Lipinski definition) is 4. The van der Waals surface area contributed by atoms with Gasteiger partial charge in [0, 0.05) is 39.3 Å². The third-order valence-corrected chi connectivity index (χ3v) is 6.51. The quantitative estimate of drug-likeness (QED) is 0.669. The zero-order valence-electron chi connectivity index (χ0n) is 19.2. The van der Waals surface area contributed by atoms with Crippen LogP contribution in [0.1, 0.15) is 50.7 Å². The molecule has 1 N–H and O–H groups in total. The number of piperazine rings is 1. The lowest BCUT2D eigenvalue weighted by Crippen LogP contribution is -2.50. The average Bonchev–Trinajstić information content (AvgIpc) is 3.27. The number of ether oxygens (including phenoxy) is 1. The Balaban J connectivity index is 1.25. The second-order valence-electron chi connectivity index (χ2n) is 9.98. The van der Waals surface area contributed by atoms with Gasteiger partial charge in [-0.15, -0.1) is 0 Å². The van der Waals surface area contributed by atoms with Crippen LogP contribution in [-0.2, 0) is 17.9 Å². The molecule has 1 saturated carbocycles. The SMILES string of the molecule is CC(C)(O)CN1CCN(Cc2ccc(-c3ccc(COC4CCCC4)cc3)cc2)CC1. The number of β-amino-alcohol motifs (C(OH)–C–C–N with tert-alkyl or cyclic N) is 1. The van der Waals surface area contributed by atoms with E-state index in [9.17, 15) is 5.11 Å². The van der Waals surface area contributed by atoms with Crippen molar-refractivity contribution in [1.29, 1.82) is 0 Å². The normalized spacial score (nSPS) is 19.2. The van der Waals surface area contributed by atoms with Crippen LogP contribution in [0, 0.1) is 0 Å². The molecular weight excluding hydrogens is 384 g/mol. The van der Waals surface area contributed by atoms with Crippen molar-refractivity contribution in [3.05, 3.63) is 59.7 Å². The molecule has 168 valence electrons. The van der Waals surface area contributed by atoms with Gasteiger partial charge >= 0.3 is 0 Å². The lowest BCUT2D eigenvalue weighted by atomic mass is 10.0. The van der Waals surface area contributed by atoms with E-state index in [0.717, 1.165) is 45.9 Å². The fourth-order valence-electron chi connectivity index (χ4n) is 4.78. The highest BCUT2D eigenvalue weighted by Crippen LogP contribution is 2.24. The lowest BCUT2D eigenvalue weighted by Gasteiger charge is -2.37. The zero-order chi connectivity index (χ0) is 21.7. The van der Waals surface area contributed by atoms with Crippen molar-refractivity contribution in [3.8, 4) is 11.1 Å². The molecule has 1 aliphatic heterocycles. The summed E-state index contributed by atoms with van der Waals surface area (Å²) in [6, 6.07) is 17.8. The maximum atomic E-state index is 10.0. The van der Waals surface area contributed by atoms with E-state index in [-0.39, 0.29) is 0 Å². The molecule has 0 aromatic heterocycles. The van der Waals surface area contributed by atoms with Crippen molar-refractivity contribution in [3.63, 3.8) is 0 Å². The first-order chi connectivity index (χ1) is 14.9. The smallest absolute Gasteiger partial charge is 0.0720 e. The number of benzene rings is 2. The molecule has 2 aliphatic rings. The molecule has 0 atom stereocenters. The Bertz CT molecular complexity index is 797. The summed E-state index contributed by atoms with van der Waals surface area (Å²) in [5, 5.41) is 10.0. The van der Waals surface area contributed by atoms with Gasteiger partial charge in [-0.2, -0.15) is 0 Å². The van der Waals surface area contributed by atoms with Crippen molar-refractivity contribution in [1.82, 2.24) is 9.80 Å². The van der Waals surface area contributed by atoms with E-state index in [0.29, 0.717) is 6.10 Å². The van der Waals surface area contributed by atoms with Gasteiger partial charge in [-0.1, -0.05) is 61.4 Å². The first kappa shape index (κ1) is 22.5. The Morgan fingerprint density at radius 2 is 1.32 bits per heavy atom. The van der Waals surface area contributed by atoms with Crippen LogP contribution in [0.15, 0.2) is 48.5 Å². The van der Waals surface area contributed by atoms with Crippen LogP contribution in [-0.4, -0.2) is 59.3 Å². The van der Waals surface area contributed by atoms with Gasteiger partial charge in [0.05, 0.1) is 18.3 Å². The maximum Gasteiger partial charge on any atom is 0.0720 e. The number of nitrogens with zero attached hydrogens (tertiary/aromatic N) is 2. The molecule has 1 heterocycles. The molecule has 0 unspecified atom stereocenters. The third-order valence-electron chi connectivity index (χ3n) is 6.51. The van der Waals surface area contributed by atoms with Crippen LogP contribution < -0.4 is 0 Å². The largest absolute Gasteiger partial charge is 0.389 e. The van der Waals surface area contributed by atoms with Gasteiger partial charge in [0.1, 0.15) is 0 Å². The number of aliphatic hydroxyl groups is 1. The van der Waals surface area contributed by atoms with Crippen molar-refractivity contribution < 1.29 is 9.84 Å². The van der Waals surface area contributed by atoms with E-state index in [1.165, 1.54) is 47.9 Å². The highest BCUT2D eigenvalue weighted by molar-refractivity contribution is 5.63. The molecular formula is C27H38N2O2. The summed E-state index contributed by atoms with van der Waals surface area (Å²) in [5.41, 5.74) is 4.54. The number of rotatable bonds is 8. The van der Waals surface area contributed by atoms with Crippen molar-refractivity contribution in [2.45, 2.75) is 64.4 Å². The minimum absolute atomic E-state index is 0.469. The summed E-state index contributed by atoms with van der Waals surface area (Å²) in [5.74, 6) is 0. The first-order valence-corrected chi connectivity index (χ1v) is 11.9. The molecule has 4 heteroatoms. The summed E-state index contributed by atoms with van der Waals surface area (Å²) >= 11 is 0. The first-order valence-electron chi connectivity index (χ1n) is 11.9. The number of hydrogen-bond donors (Lipinski definition) is 1. The molecule has 2 aromatic carbocycles. The summed E-state index contributed by atoms with van der Waals surface area (Å²) in [7, 11) is 0. The molecule has 4 rings (SSSR count). The summed E-state index contributed by atoms with van der Waals surface area (Å²) < 4.78 is 6.03. The molecule has 31 heavy (non-hydrogen) atoms. The van der Waals surface area contributed by atoms with Gasteiger partial charge in [0.15, 0.2) is 0 Å². The molecule has 2 fully saturated rings. The zero-order valence-corrected chi connectivity index (χ0v) is 19.2. The minimum Gasteiger partial charge on any atom is -0.389 e. The molecule has 0 spiro atoms. The van der Waals surface area contributed by atoms with Gasteiger partial charge in [0.2, 0.25) is 0 Å². The Kier molecular flexibility index (Phi) is 7.44. The van der Waals surface area contributed by atoms with E-state index in [1.807, 2.05) is 13.8 Å². The molecule has 1 aliphatic carbocycles. The van der Waals surface area contributed by atoms with Gasteiger partial charge < -0.3 is 9.84 Å². The van der Waals surface area contributed by atoms with Gasteiger partial charge in [-0.3, -0.25) is 9.80 Å². The third kappa shape index (κ3) is 6.88. The summed E-state index contributed by atoms with van der Waals surface area (Å²) in [4.78, 5) is 4.87. The van der Waals surface area contributed by atoms with Crippen molar-refractivity contribution in [2.75, 3.05) is 32.7 Å². The standard InChI is InChI=1S/C27H38N2O2/c1-27(2,30)21-29-17-15-28(16-18-29)19-22-7-11-24(12-8-22)25-13-9-23(10-14-25)20-31-26-5-3-4-6-26/h7-14,26,30H,3-6,15-21H2,1-2H3. The second-order valence-corrected chi connectivity index (χ2v) is 9.98. The lowest BCUT2D eigenvalue weighted by molar-refractivity contribution is 0.0167. The predicted molar refractivity (Wildman–Crippen MR) is 127 cm³/mol. The topological polar surface area (TPSA) is 35.9 Å². The Hall–Kier alpha value is -1.72.